The molecule has 0 unspecified atom stereocenters. The van der Waals surface area contributed by atoms with Crippen molar-refractivity contribution in [2.45, 2.75) is 0 Å². The van der Waals surface area contributed by atoms with Crippen molar-refractivity contribution >= 4 is 33.3 Å². The molecule has 0 bridgehead atoms. The van der Waals surface area contributed by atoms with E-state index in [1.54, 1.807) is 30.3 Å². The molecule has 0 saturated heterocycles. The first kappa shape index (κ1) is 13.2. The Kier molecular flexibility index (Phi) is 7.54. The number of carboxylic acid groups (broad SMARTS) is 1. The second-order valence-electron chi connectivity index (χ2n) is 1.67. The molecule has 0 amide bonds. The summed E-state index contributed by atoms with van der Waals surface area (Å²) < 4.78 is 0. The Bertz CT molecular complexity index is 210. The van der Waals surface area contributed by atoms with E-state index < -0.39 is 5.97 Å². The summed E-state index contributed by atoms with van der Waals surface area (Å²) in [4.78, 5) is 10.2. The van der Waals surface area contributed by atoms with Gasteiger partial charge in [-0.1, -0.05) is 18.2 Å². The van der Waals surface area contributed by atoms with E-state index in [2.05, 4.69) is 0 Å². The van der Waals surface area contributed by atoms with Crippen LogP contribution in [0, 0.1) is 0 Å². The van der Waals surface area contributed by atoms with E-state index in [0.29, 0.717) is 5.56 Å². The van der Waals surface area contributed by atoms with Gasteiger partial charge >= 0.3 is 5.97 Å². The van der Waals surface area contributed by atoms with Crippen molar-refractivity contribution in [3.63, 3.8) is 0 Å². The molecule has 1 aromatic carbocycles. The minimum atomic E-state index is -0.879. The van der Waals surface area contributed by atoms with Crippen molar-refractivity contribution in [1.29, 1.82) is 0 Å². The van der Waals surface area contributed by atoms with Crippen molar-refractivity contribution in [2.75, 3.05) is 0 Å². The summed E-state index contributed by atoms with van der Waals surface area (Å²) in [7, 11) is 0. The Labute approximate surface area is 84.5 Å². The number of benzene rings is 1. The summed E-state index contributed by atoms with van der Waals surface area (Å²) >= 11 is 0. The molecule has 0 atom stereocenters. The Morgan fingerprint density at radius 1 is 1.18 bits per heavy atom. The van der Waals surface area contributed by atoms with E-state index >= 15 is 0 Å². The first-order valence-electron chi connectivity index (χ1n) is 2.59. The van der Waals surface area contributed by atoms with Crippen LogP contribution in [0.1, 0.15) is 10.4 Å². The molecule has 0 aromatic heterocycles. The Hall–Kier alpha value is -0.428. The second kappa shape index (κ2) is 6.29. The maximum absolute atomic E-state index is 10.2. The fraction of sp³-hybridized carbons (Fsp3) is 0. The van der Waals surface area contributed by atoms with Crippen LogP contribution in [0.2, 0.25) is 0 Å². The van der Waals surface area contributed by atoms with Crippen molar-refractivity contribution in [1.82, 2.24) is 0 Å². The average Bonchev–Trinajstić information content (AvgIpc) is 1.90. The van der Waals surface area contributed by atoms with E-state index in [9.17, 15) is 4.79 Å². The number of hydrogen-bond donors (Lipinski definition) is 1. The molecule has 0 aliphatic heterocycles. The molecule has 0 aliphatic rings. The monoisotopic (exact) mass is 348 g/mol. The minimum Gasteiger partial charge on any atom is -0.478 e. The van der Waals surface area contributed by atoms with Gasteiger partial charge in [0.15, 0.2) is 0 Å². The van der Waals surface area contributed by atoms with Crippen LogP contribution < -0.4 is 0 Å². The molecule has 0 fully saturated rings. The van der Waals surface area contributed by atoms with Gasteiger partial charge < -0.3 is 10.6 Å². The number of carboxylic acids is 1. The summed E-state index contributed by atoms with van der Waals surface area (Å²) in [5.41, 5.74) is 0.331. The molecule has 0 spiro atoms. The third kappa shape index (κ3) is 4.10. The maximum atomic E-state index is 10.2. The maximum Gasteiger partial charge on any atom is 0.335 e. The van der Waals surface area contributed by atoms with Gasteiger partial charge in [-0.05, 0) is 12.1 Å². The molecule has 3 nitrogen and oxygen atoms in total. The van der Waals surface area contributed by atoms with Crippen LogP contribution >= 0.6 is 0 Å². The molecule has 1 aromatic rings. The van der Waals surface area contributed by atoms with Gasteiger partial charge in [0.1, 0.15) is 0 Å². The van der Waals surface area contributed by atoms with Crippen molar-refractivity contribution < 1.29 is 15.4 Å². The molecule has 0 aliphatic carbocycles. The SMILES string of the molecule is O.O=C(O)c1ccccc1.[Pb]. The summed E-state index contributed by atoms with van der Waals surface area (Å²) in [6.07, 6.45) is 0. The standard InChI is InChI=1S/C7H6O2.H2O.Pb/c8-7(9)6-4-2-1-3-5-6;;/h1-5H,(H,8,9);1H2;. The van der Waals surface area contributed by atoms with Gasteiger partial charge in [-0.3, -0.25) is 0 Å². The number of aromatic carboxylic acids is 1. The van der Waals surface area contributed by atoms with Gasteiger partial charge in [-0.2, -0.15) is 0 Å². The largest absolute Gasteiger partial charge is 0.478 e. The van der Waals surface area contributed by atoms with Crippen LogP contribution in [0.5, 0.6) is 0 Å². The number of carbonyl (C=O) groups is 1. The van der Waals surface area contributed by atoms with Crippen molar-refractivity contribution in [3.05, 3.63) is 35.9 Å². The van der Waals surface area contributed by atoms with Crippen molar-refractivity contribution in [2.24, 2.45) is 0 Å². The van der Waals surface area contributed by atoms with Gasteiger partial charge in [0.25, 0.3) is 0 Å². The summed E-state index contributed by atoms with van der Waals surface area (Å²) in [6.45, 7) is 0. The minimum absolute atomic E-state index is 0. The summed E-state index contributed by atoms with van der Waals surface area (Å²) in [5.74, 6) is -0.879. The molecule has 0 saturated carbocycles. The van der Waals surface area contributed by atoms with Gasteiger partial charge in [-0.25, -0.2) is 4.79 Å². The molecule has 4 radical (unpaired) electrons. The predicted octanol–water partition coefficient (Wildman–Crippen LogP) is 0.179. The van der Waals surface area contributed by atoms with Crippen molar-refractivity contribution in [3.8, 4) is 0 Å². The zero-order valence-corrected chi connectivity index (χ0v) is 9.63. The Morgan fingerprint density at radius 3 is 1.91 bits per heavy atom. The average molecular weight is 347 g/mol. The normalized spacial score (nSPS) is 7.27. The molecular weight excluding hydrogens is 339 g/mol. The van der Waals surface area contributed by atoms with Gasteiger partial charge in [0.05, 0.1) is 5.56 Å². The van der Waals surface area contributed by atoms with Gasteiger partial charge in [0, 0.05) is 27.3 Å². The first-order valence-corrected chi connectivity index (χ1v) is 2.59. The van der Waals surface area contributed by atoms with Gasteiger partial charge in [-0.15, -0.1) is 0 Å². The molecule has 11 heavy (non-hydrogen) atoms. The molecule has 4 heteroatoms. The Balaban J connectivity index is 0. The number of rotatable bonds is 1. The van der Waals surface area contributed by atoms with Gasteiger partial charge in [0.2, 0.25) is 0 Å². The molecule has 3 N–H and O–H groups in total. The van der Waals surface area contributed by atoms with Crippen LogP contribution in [0.15, 0.2) is 30.3 Å². The zero-order valence-electron chi connectivity index (χ0n) is 5.74. The van der Waals surface area contributed by atoms with Crippen LogP contribution in [0.4, 0.5) is 0 Å². The molecule has 0 heterocycles. The second-order valence-corrected chi connectivity index (χ2v) is 1.67. The van der Waals surface area contributed by atoms with E-state index in [0.717, 1.165) is 0 Å². The zero-order chi connectivity index (χ0) is 6.69. The number of hydrogen-bond acceptors (Lipinski definition) is 1. The predicted molar refractivity (Wildman–Crippen MR) is 42.8 cm³/mol. The van der Waals surface area contributed by atoms with E-state index in [1.807, 2.05) is 0 Å². The van der Waals surface area contributed by atoms with Crippen LogP contribution in [-0.2, 0) is 0 Å². The smallest absolute Gasteiger partial charge is 0.335 e. The van der Waals surface area contributed by atoms with Crippen LogP contribution in [0.25, 0.3) is 0 Å². The van der Waals surface area contributed by atoms with E-state index in [1.165, 1.54) is 0 Å². The molecule has 58 valence electrons. The third-order valence-corrected chi connectivity index (χ3v) is 1.02. The molecule has 1 rings (SSSR count). The Morgan fingerprint density at radius 2 is 1.64 bits per heavy atom. The topological polar surface area (TPSA) is 68.8 Å². The quantitative estimate of drug-likeness (QED) is 0.737. The summed E-state index contributed by atoms with van der Waals surface area (Å²) in [5, 5.41) is 8.38. The fourth-order valence-electron chi connectivity index (χ4n) is 0.581. The fourth-order valence-corrected chi connectivity index (χ4v) is 0.581. The first-order chi connectivity index (χ1) is 4.30. The third-order valence-electron chi connectivity index (χ3n) is 1.02. The van der Waals surface area contributed by atoms with E-state index in [4.69, 9.17) is 5.11 Å². The van der Waals surface area contributed by atoms with E-state index in [-0.39, 0.29) is 32.8 Å². The van der Waals surface area contributed by atoms with Crippen LogP contribution in [-0.4, -0.2) is 43.9 Å². The summed E-state index contributed by atoms with van der Waals surface area (Å²) in [6, 6.07) is 8.30. The molecular formula is C7H8O3Pb. The van der Waals surface area contributed by atoms with Crippen LogP contribution in [0.3, 0.4) is 0 Å².